The van der Waals surface area contributed by atoms with E-state index in [1.165, 1.54) is 10.4 Å². The summed E-state index contributed by atoms with van der Waals surface area (Å²) in [6.45, 7) is 4.06. The van der Waals surface area contributed by atoms with Crippen molar-refractivity contribution < 1.29 is 4.79 Å². The molecule has 0 saturated carbocycles. The summed E-state index contributed by atoms with van der Waals surface area (Å²) in [4.78, 5) is 13.5. The summed E-state index contributed by atoms with van der Waals surface area (Å²) in [5.41, 5.74) is 3.01. The SMILES string of the molecule is CCc1ccc([C@@H](C)NC(=O)Cn2nnc(-c3ccccc3Cl)n2)cc1. The molecule has 0 radical (unpaired) electrons. The maximum Gasteiger partial charge on any atom is 0.244 e. The van der Waals surface area contributed by atoms with Crippen LogP contribution in [0.2, 0.25) is 5.02 Å². The molecule has 26 heavy (non-hydrogen) atoms. The van der Waals surface area contributed by atoms with Crippen LogP contribution in [-0.4, -0.2) is 26.1 Å². The van der Waals surface area contributed by atoms with Gasteiger partial charge in [0.15, 0.2) is 0 Å². The van der Waals surface area contributed by atoms with Crippen LogP contribution in [0.5, 0.6) is 0 Å². The standard InChI is InChI=1S/C19H20ClN5O/c1-3-14-8-10-15(11-9-14)13(2)21-18(26)12-25-23-19(22-24-25)16-6-4-5-7-17(16)20/h4-11,13H,3,12H2,1-2H3,(H,21,26)/t13-/m1/s1. The number of nitrogens with one attached hydrogen (secondary N) is 1. The second kappa shape index (κ2) is 8.10. The van der Waals surface area contributed by atoms with Crippen molar-refractivity contribution in [1.29, 1.82) is 0 Å². The lowest BCUT2D eigenvalue weighted by Crippen LogP contribution is -2.30. The van der Waals surface area contributed by atoms with Crippen molar-refractivity contribution in [3.05, 3.63) is 64.7 Å². The Morgan fingerprint density at radius 2 is 1.92 bits per heavy atom. The second-order valence-corrected chi connectivity index (χ2v) is 6.41. The minimum absolute atomic E-state index is 0.00512. The maximum absolute atomic E-state index is 12.3. The van der Waals surface area contributed by atoms with Gasteiger partial charge in [-0.3, -0.25) is 4.79 Å². The number of halogens is 1. The van der Waals surface area contributed by atoms with Gasteiger partial charge in [-0.05, 0) is 41.8 Å². The summed E-state index contributed by atoms with van der Waals surface area (Å²) in [5, 5.41) is 15.6. The number of hydrogen-bond acceptors (Lipinski definition) is 4. The molecule has 0 unspecified atom stereocenters. The van der Waals surface area contributed by atoms with E-state index in [1.807, 2.05) is 37.3 Å². The van der Waals surface area contributed by atoms with E-state index < -0.39 is 0 Å². The highest BCUT2D eigenvalue weighted by molar-refractivity contribution is 6.33. The van der Waals surface area contributed by atoms with E-state index in [4.69, 9.17) is 11.6 Å². The Balaban J connectivity index is 1.62. The largest absolute Gasteiger partial charge is 0.348 e. The molecule has 0 bridgehead atoms. The van der Waals surface area contributed by atoms with E-state index in [0.717, 1.165) is 12.0 Å². The number of benzene rings is 2. The van der Waals surface area contributed by atoms with Gasteiger partial charge in [0, 0.05) is 5.56 Å². The van der Waals surface area contributed by atoms with Crippen molar-refractivity contribution >= 4 is 17.5 Å². The van der Waals surface area contributed by atoms with E-state index in [9.17, 15) is 4.79 Å². The summed E-state index contributed by atoms with van der Waals surface area (Å²) >= 11 is 6.14. The number of nitrogens with zero attached hydrogens (tertiary/aromatic N) is 4. The molecule has 7 heteroatoms. The Bertz CT molecular complexity index is 891. The summed E-state index contributed by atoms with van der Waals surface area (Å²) in [7, 11) is 0. The van der Waals surface area contributed by atoms with Crippen LogP contribution >= 0.6 is 11.6 Å². The van der Waals surface area contributed by atoms with Crippen LogP contribution in [0, 0.1) is 0 Å². The van der Waals surface area contributed by atoms with E-state index in [2.05, 4.69) is 39.8 Å². The third-order valence-electron chi connectivity index (χ3n) is 4.12. The van der Waals surface area contributed by atoms with Gasteiger partial charge in [-0.25, -0.2) is 0 Å². The van der Waals surface area contributed by atoms with E-state index in [1.54, 1.807) is 6.07 Å². The molecule has 1 atom stereocenters. The van der Waals surface area contributed by atoms with Crippen molar-refractivity contribution in [3.8, 4) is 11.4 Å². The van der Waals surface area contributed by atoms with Crippen LogP contribution in [0.1, 0.15) is 31.0 Å². The average molecular weight is 370 g/mol. The summed E-state index contributed by atoms with van der Waals surface area (Å²) in [6, 6.07) is 15.4. The first-order chi connectivity index (χ1) is 12.6. The molecule has 1 aromatic heterocycles. The molecule has 0 fully saturated rings. The normalized spacial score (nSPS) is 12.0. The molecule has 1 N–H and O–H groups in total. The number of aromatic nitrogens is 4. The van der Waals surface area contributed by atoms with Crippen molar-refractivity contribution in [3.63, 3.8) is 0 Å². The molecular formula is C19H20ClN5O. The zero-order chi connectivity index (χ0) is 18.5. The molecule has 1 heterocycles. The Kier molecular flexibility index (Phi) is 5.63. The number of amides is 1. The van der Waals surface area contributed by atoms with Crippen molar-refractivity contribution in [2.45, 2.75) is 32.9 Å². The lowest BCUT2D eigenvalue weighted by atomic mass is 10.1. The maximum atomic E-state index is 12.3. The lowest BCUT2D eigenvalue weighted by molar-refractivity contribution is -0.122. The predicted molar refractivity (Wildman–Crippen MR) is 101 cm³/mol. The number of hydrogen-bond donors (Lipinski definition) is 1. The highest BCUT2D eigenvalue weighted by Gasteiger charge is 2.14. The fourth-order valence-electron chi connectivity index (χ4n) is 2.60. The zero-order valence-electron chi connectivity index (χ0n) is 14.7. The minimum atomic E-state index is -0.180. The molecule has 134 valence electrons. The van der Waals surface area contributed by atoms with Gasteiger partial charge in [-0.2, -0.15) is 4.80 Å². The molecule has 6 nitrogen and oxygen atoms in total. The van der Waals surface area contributed by atoms with Crippen LogP contribution < -0.4 is 5.32 Å². The first-order valence-electron chi connectivity index (χ1n) is 8.47. The fourth-order valence-corrected chi connectivity index (χ4v) is 2.82. The van der Waals surface area contributed by atoms with Gasteiger partial charge in [0.1, 0.15) is 6.54 Å². The number of carbonyl (C=O) groups excluding carboxylic acids is 1. The Morgan fingerprint density at radius 3 is 2.62 bits per heavy atom. The van der Waals surface area contributed by atoms with Gasteiger partial charge in [0.25, 0.3) is 0 Å². The van der Waals surface area contributed by atoms with Crippen LogP contribution in [0.4, 0.5) is 0 Å². The van der Waals surface area contributed by atoms with E-state index >= 15 is 0 Å². The fraction of sp³-hybridized carbons (Fsp3) is 0.263. The Hall–Kier alpha value is -2.73. The van der Waals surface area contributed by atoms with E-state index in [0.29, 0.717) is 16.4 Å². The van der Waals surface area contributed by atoms with Crippen LogP contribution in [-0.2, 0) is 17.8 Å². The second-order valence-electron chi connectivity index (χ2n) is 6.01. The highest BCUT2D eigenvalue weighted by atomic mass is 35.5. The third-order valence-corrected chi connectivity index (χ3v) is 4.45. The molecule has 1 amide bonds. The lowest BCUT2D eigenvalue weighted by Gasteiger charge is -2.14. The van der Waals surface area contributed by atoms with Crippen LogP contribution in [0.15, 0.2) is 48.5 Å². The summed E-state index contributed by atoms with van der Waals surface area (Å²) in [5.74, 6) is 0.215. The molecule has 0 spiro atoms. The molecule has 0 aliphatic carbocycles. The minimum Gasteiger partial charge on any atom is -0.348 e. The summed E-state index contributed by atoms with van der Waals surface area (Å²) in [6.07, 6.45) is 0.993. The number of aryl methyl sites for hydroxylation is 1. The number of tetrazole rings is 1. The molecule has 3 aromatic rings. The van der Waals surface area contributed by atoms with Gasteiger partial charge in [0.05, 0.1) is 11.1 Å². The molecule has 0 aliphatic rings. The smallest absolute Gasteiger partial charge is 0.244 e. The monoisotopic (exact) mass is 369 g/mol. The first-order valence-corrected chi connectivity index (χ1v) is 8.85. The number of carbonyl (C=O) groups is 1. The summed E-state index contributed by atoms with van der Waals surface area (Å²) < 4.78 is 0. The molecule has 3 rings (SSSR count). The van der Waals surface area contributed by atoms with Crippen molar-refractivity contribution in [2.24, 2.45) is 0 Å². The van der Waals surface area contributed by atoms with Crippen LogP contribution in [0.25, 0.3) is 11.4 Å². The Morgan fingerprint density at radius 1 is 1.19 bits per heavy atom. The molecule has 0 saturated heterocycles. The van der Waals surface area contributed by atoms with E-state index in [-0.39, 0.29) is 18.5 Å². The van der Waals surface area contributed by atoms with Crippen molar-refractivity contribution in [2.75, 3.05) is 0 Å². The molecule has 2 aromatic carbocycles. The molecular weight excluding hydrogens is 350 g/mol. The first kappa shape index (κ1) is 18.1. The zero-order valence-corrected chi connectivity index (χ0v) is 15.4. The highest BCUT2D eigenvalue weighted by Crippen LogP contribution is 2.23. The van der Waals surface area contributed by atoms with Crippen LogP contribution in [0.3, 0.4) is 0 Å². The van der Waals surface area contributed by atoms with Gasteiger partial charge >= 0.3 is 0 Å². The Labute approximate surface area is 157 Å². The molecule has 0 aliphatic heterocycles. The third kappa shape index (κ3) is 4.26. The quantitative estimate of drug-likeness (QED) is 0.722. The van der Waals surface area contributed by atoms with Crippen molar-refractivity contribution in [1.82, 2.24) is 25.5 Å². The van der Waals surface area contributed by atoms with Gasteiger partial charge in [-0.15, -0.1) is 10.2 Å². The van der Waals surface area contributed by atoms with Gasteiger partial charge < -0.3 is 5.32 Å². The average Bonchev–Trinajstić information content (AvgIpc) is 3.10. The topological polar surface area (TPSA) is 72.7 Å². The van der Waals surface area contributed by atoms with Gasteiger partial charge in [0.2, 0.25) is 11.7 Å². The predicted octanol–water partition coefficient (Wildman–Crippen LogP) is 3.43. The number of rotatable bonds is 6. The van der Waals surface area contributed by atoms with Gasteiger partial charge in [-0.1, -0.05) is 54.9 Å².